The molecule has 0 aromatic heterocycles. The number of nitrogens with zero attached hydrogens (tertiary/aromatic N) is 1. The minimum absolute atomic E-state index is 0. The Balaban J connectivity index is 0.00000180. The molecule has 1 fully saturated rings. The zero-order chi connectivity index (χ0) is 12.6. The smallest absolute Gasteiger partial charge is 0.00218 e. The van der Waals surface area contributed by atoms with Crippen LogP contribution in [-0.4, -0.2) is 37.6 Å². The number of rotatable bonds is 6. The molecule has 0 bridgehead atoms. The predicted molar refractivity (Wildman–Crippen MR) is 85.1 cm³/mol. The lowest BCUT2D eigenvalue weighted by atomic mass is 9.99. The lowest BCUT2D eigenvalue weighted by Crippen LogP contribution is -2.39. The van der Waals surface area contributed by atoms with Gasteiger partial charge in [-0.3, -0.25) is 0 Å². The highest BCUT2D eigenvalue weighted by molar-refractivity contribution is 5.85. The fraction of sp³-hybridized carbons (Fsp3) is 0.625. The van der Waals surface area contributed by atoms with E-state index in [1.165, 1.54) is 57.5 Å². The molecule has 1 unspecified atom stereocenters. The van der Waals surface area contributed by atoms with Crippen LogP contribution in [-0.2, 0) is 6.42 Å². The van der Waals surface area contributed by atoms with Crippen molar-refractivity contribution in [2.75, 3.05) is 32.7 Å². The van der Waals surface area contributed by atoms with Gasteiger partial charge in [-0.15, -0.1) is 12.4 Å². The van der Waals surface area contributed by atoms with Crippen molar-refractivity contribution in [3.63, 3.8) is 0 Å². The molecule has 108 valence electrons. The lowest BCUT2D eigenvalue weighted by Gasteiger charge is -2.29. The number of benzene rings is 1. The van der Waals surface area contributed by atoms with Gasteiger partial charge in [-0.05, 0) is 50.4 Å². The maximum Gasteiger partial charge on any atom is 0.00218 e. The second kappa shape index (κ2) is 9.35. The fourth-order valence-corrected chi connectivity index (χ4v) is 2.76. The van der Waals surface area contributed by atoms with E-state index in [1.54, 1.807) is 0 Å². The van der Waals surface area contributed by atoms with Crippen molar-refractivity contribution in [1.29, 1.82) is 0 Å². The van der Waals surface area contributed by atoms with Crippen LogP contribution in [0.4, 0.5) is 0 Å². The van der Waals surface area contributed by atoms with Gasteiger partial charge in [-0.2, -0.15) is 0 Å². The van der Waals surface area contributed by atoms with Gasteiger partial charge in [0.25, 0.3) is 0 Å². The minimum Gasteiger partial charge on any atom is -0.316 e. The molecular weight excluding hydrogens is 256 g/mol. The lowest BCUT2D eigenvalue weighted by molar-refractivity contribution is 0.218. The second-order valence-electron chi connectivity index (χ2n) is 5.34. The summed E-state index contributed by atoms with van der Waals surface area (Å²) in [5, 5.41) is 3.51. The topological polar surface area (TPSA) is 15.3 Å². The average molecular weight is 283 g/mol. The zero-order valence-electron chi connectivity index (χ0n) is 12.0. The van der Waals surface area contributed by atoms with E-state index in [2.05, 4.69) is 47.5 Å². The van der Waals surface area contributed by atoms with E-state index in [0.29, 0.717) is 0 Å². The standard InChI is InChI=1S/C16H26N2.ClH/c1-2-18(14-16-9-6-11-17-13-16)12-10-15-7-4-3-5-8-15;/h3-5,7-8,16-17H,2,6,9-14H2,1H3;1H. The van der Waals surface area contributed by atoms with Crippen LogP contribution >= 0.6 is 12.4 Å². The van der Waals surface area contributed by atoms with Crippen molar-refractivity contribution in [1.82, 2.24) is 10.2 Å². The summed E-state index contributed by atoms with van der Waals surface area (Å²) < 4.78 is 0. The molecule has 19 heavy (non-hydrogen) atoms. The van der Waals surface area contributed by atoms with E-state index in [4.69, 9.17) is 0 Å². The highest BCUT2D eigenvalue weighted by Crippen LogP contribution is 2.12. The molecule has 0 radical (unpaired) electrons. The molecule has 1 saturated heterocycles. The zero-order valence-corrected chi connectivity index (χ0v) is 12.8. The molecule has 2 nitrogen and oxygen atoms in total. The number of hydrogen-bond acceptors (Lipinski definition) is 2. The van der Waals surface area contributed by atoms with E-state index in [0.717, 1.165) is 5.92 Å². The Morgan fingerprint density at radius 2 is 2.05 bits per heavy atom. The van der Waals surface area contributed by atoms with Crippen LogP contribution < -0.4 is 5.32 Å². The van der Waals surface area contributed by atoms with E-state index < -0.39 is 0 Å². The summed E-state index contributed by atoms with van der Waals surface area (Å²) in [6.45, 7) is 8.33. The number of hydrogen-bond donors (Lipinski definition) is 1. The van der Waals surface area contributed by atoms with Gasteiger partial charge in [0.2, 0.25) is 0 Å². The SMILES string of the molecule is CCN(CCc1ccccc1)CC1CCCNC1.Cl. The van der Waals surface area contributed by atoms with E-state index in [9.17, 15) is 0 Å². The molecule has 1 aliphatic rings. The van der Waals surface area contributed by atoms with Gasteiger partial charge >= 0.3 is 0 Å². The monoisotopic (exact) mass is 282 g/mol. The summed E-state index contributed by atoms with van der Waals surface area (Å²) in [5.74, 6) is 0.856. The van der Waals surface area contributed by atoms with Crippen LogP contribution in [0.3, 0.4) is 0 Å². The van der Waals surface area contributed by atoms with Crippen molar-refractivity contribution in [3.05, 3.63) is 35.9 Å². The van der Waals surface area contributed by atoms with Crippen LogP contribution in [0.25, 0.3) is 0 Å². The second-order valence-corrected chi connectivity index (χ2v) is 5.34. The van der Waals surface area contributed by atoms with E-state index in [1.807, 2.05) is 0 Å². The van der Waals surface area contributed by atoms with Crippen molar-refractivity contribution in [2.45, 2.75) is 26.2 Å². The number of nitrogens with one attached hydrogen (secondary N) is 1. The largest absolute Gasteiger partial charge is 0.316 e. The van der Waals surface area contributed by atoms with Crippen LogP contribution in [0.15, 0.2) is 30.3 Å². The molecule has 1 N–H and O–H groups in total. The van der Waals surface area contributed by atoms with Crippen LogP contribution in [0.1, 0.15) is 25.3 Å². The molecule has 2 rings (SSSR count). The molecule has 1 aromatic rings. The van der Waals surface area contributed by atoms with Crippen LogP contribution in [0.2, 0.25) is 0 Å². The Morgan fingerprint density at radius 3 is 2.68 bits per heavy atom. The first kappa shape index (κ1) is 16.5. The molecule has 0 saturated carbocycles. The van der Waals surface area contributed by atoms with Crippen molar-refractivity contribution in [3.8, 4) is 0 Å². The van der Waals surface area contributed by atoms with Crippen LogP contribution in [0, 0.1) is 5.92 Å². The fourth-order valence-electron chi connectivity index (χ4n) is 2.76. The quantitative estimate of drug-likeness (QED) is 0.863. The van der Waals surface area contributed by atoms with Crippen molar-refractivity contribution >= 4 is 12.4 Å². The summed E-state index contributed by atoms with van der Waals surface area (Å²) in [6, 6.07) is 10.8. The maximum absolute atomic E-state index is 3.51. The summed E-state index contributed by atoms with van der Waals surface area (Å²) in [7, 11) is 0. The molecule has 0 spiro atoms. The van der Waals surface area contributed by atoms with Gasteiger partial charge < -0.3 is 10.2 Å². The molecule has 1 heterocycles. The summed E-state index contributed by atoms with van der Waals surface area (Å²) >= 11 is 0. The first-order chi connectivity index (χ1) is 8.88. The Kier molecular flexibility index (Phi) is 8.11. The van der Waals surface area contributed by atoms with E-state index in [-0.39, 0.29) is 12.4 Å². The van der Waals surface area contributed by atoms with Gasteiger partial charge in [-0.1, -0.05) is 37.3 Å². The molecule has 1 atom stereocenters. The number of likely N-dealkylation sites (N-methyl/N-ethyl adjacent to an activating group) is 1. The maximum atomic E-state index is 3.51. The van der Waals surface area contributed by atoms with Gasteiger partial charge in [0.1, 0.15) is 0 Å². The highest BCUT2D eigenvalue weighted by atomic mass is 35.5. The Bertz CT molecular complexity index is 323. The Labute approximate surface area is 124 Å². The molecule has 1 aliphatic heterocycles. The molecule has 0 aliphatic carbocycles. The summed E-state index contributed by atoms with van der Waals surface area (Å²) in [6.07, 6.45) is 3.92. The van der Waals surface area contributed by atoms with Gasteiger partial charge in [0.05, 0.1) is 0 Å². The van der Waals surface area contributed by atoms with Crippen LogP contribution in [0.5, 0.6) is 0 Å². The minimum atomic E-state index is 0. The van der Waals surface area contributed by atoms with Crippen molar-refractivity contribution < 1.29 is 0 Å². The Morgan fingerprint density at radius 1 is 1.26 bits per heavy atom. The number of piperidine rings is 1. The molecule has 1 aromatic carbocycles. The van der Waals surface area contributed by atoms with Gasteiger partial charge in [0, 0.05) is 13.1 Å². The highest BCUT2D eigenvalue weighted by Gasteiger charge is 2.15. The normalized spacial score (nSPS) is 19.2. The van der Waals surface area contributed by atoms with E-state index >= 15 is 0 Å². The van der Waals surface area contributed by atoms with Crippen molar-refractivity contribution in [2.24, 2.45) is 5.92 Å². The summed E-state index contributed by atoms with van der Waals surface area (Å²) in [4.78, 5) is 2.60. The van der Waals surface area contributed by atoms with Gasteiger partial charge in [0.15, 0.2) is 0 Å². The third kappa shape index (κ3) is 5.94. The third-order valence-electron chi connectivity index (χ3n) is 3.92. The van der Waals surface area contributed by atoms with Gasteiger partial charge in [-0.25, -0.2) is 0 Å². The molecular formula is C16H27ClN2. The predicted octanol–water partition coefficient (Wildman–Crippen LogP) is 2.97. The molecule has 0 amide bonds. The summed E-state index contributed by atoms with van der Waals surface area (Å²) in [5.41, 5.74) is 1.46. The third-order valence-corrected chi connectivity index (χ3v) is 3.92. The first-order valence-corrected chi connectivity index (χ1v) is 7.35. The Hall–Kier alpha value is -0.570. The first-order valence-electron chi connectivity index (χ1n) is 7.35. The molecule has 3 heteroatoms. The number of halogens is 1. The average Bonchev–Trinajstić information content (AvgIpc) is 2.45.